The second kappa shape index (κ2) is 55.0. The van der Waals surface area contributed by atoms with Crippen LogP contribution in [-0.2, 0) is 93.3 Å². The molecule has 1 N–H and O–H groups in total. The number of carbonyl (C=O) groups excluding carboxylic acids is 5. The number of esters is 3. The van der Waals surface area contributed by atoms with E-state index in [1.54, 1.807) is 136 Å². The molecule has 0 heterocycles. The molecule has 0 aromatic heterocycles. The van der Waals surface area contributed by atoms with Crippen LogP contribution in [0.1, 0.15) is 115 Å². The zero-order chi connectivity index (χ0) is 73.0. The van der Waals surface area contributed by atoms with Crippen LogP contribution in [0.5, 0.6) is 51.7 Å². The number of rotatable bonds is 23. The van der Waals surface area contributed by atoms with E-state index in [0.717, 1.165) is 27.7 Å². The van der Waals surface area contributed by atoms with Crippen LogP contribution in [0.2, 0.25) is 0 Å². The summed E-state index contributed by atoms with van der Waals surface area (Å²) in [4.78, 5) is 55.2. The molecule has 5 aromatic rings. The number of benzene rings is 5. The van der Waals surface area contributed by atoms with E-state index in [1.807, 2.05) is 87.5 Å². The Hall–Kier alpha value is -5.62. The second-order valence-corrected chi connectivity index (χ2v) is 31.5. The number of aliphatic hydroxyl groups is 1. The van der Waals surface area contributed by atoms with Crippen LogP contribution in [0.25, 0.3) is 10.6 Å². The minimum atomic E-state index is -1.41. The zero-order valence-electron chi connectivity index (χ0n) is 65.3. The van der Waals surface area contributed by atoms with Gasteiger partial charge in [-0.1, -0.05) is 134 Å². The molecule has 26 heteroatoms. The van der Waals surface area contributed by atoms with Gasteiger partial charge in [-0.25, -0.2) is 0 Å². The third-order valence-corrected chi connectivity index (χ3v) is 20.6. The summed E-state index contributed by atoms with van der Waals surface area (Å²) in [6.45, 7) is 29.8. The van der Waals surface area contributed by atoms with E-state index in [9.17, 15) is 29.1 Å². The molecule has 0 spiro atoms. The van der Waals surface area contributed by atoms with Gasteiger partial charge in [0.25, 0.3) is 0 Å². The summed E-state index contributed by atoms with van der Waals surface area (Å²) >= 11 is 0. The Morgan fingerprint density at radius 2 is 0.792 bits per heavy atom. The maximum absolute atomic E-state index is 12.5. The summed E-state index contributed by atoms with van der Waals surface area (Å²) in [5.74, 6) is 5.09. The van der Waals surface area contributed by atoms with Crippen molar-refractivity contribution in [3.8, 4) is 51.7 Å². The van der Waals surface area contributed by atoms with Crippen molar-refractivity contribution < 1.29 is 135 Å². The van der Waals surface area contributed by atoms with Gasteiger partial charge in [0.15, 0.2) is 0 Å². The molecule has 582 valence electrons. The fourth-order valence-electron chi connectivity index (χ4n) is 8.87. The van der Waals surface area contributed by atoms with Crippen molar-refractivity contribution in [3.05, 3.63) is 141 Å². The Morgan fingerprint density at radius 3 is 1.09 bits per heavy atom. The van der Waals surface area contributed by atoms with Crippen molar-refractivity contribution in [2.45, 2.75) is 125 Å². The third kappa shape index (κ3) is 39.2. The van der Waals surface area contributed by atoms with Crippen LogP contribution >= 0.6 is 25.1 Å². The van der Waals surface area contributed by atoms with Crippen molar-refractivity contribution in [3.63, 3.8) is 0 Å². The topological polar surface area (TPSA) is 245 Å². The van der Waals surface area contributed by atoms with Crippen LogP contribution in [0.3, 0.4) is 0 Å². The number of hydrogen-bond donors (Lipinski definition) is 1. The van der Waals surface area contributed by atoms with E-state index in [-0.39, 0.29) is 152 Å². The van der Waals surface area contributed by atoms with Gasteiger partial charge in [0, 0.05) is 54.9 Å². The summed E-state index contributed by atoms with van der Waals surface area (Å²) in [5, 5.41) is 22.8. The van der Waals surface area contributed by atoms with Crippen LogP contribution in [0.15, 0.2) is 97.1 Å². The van der Waals surface area contributed by atoms with E-state index in [2.05, 4.69) is 66.4 Å². The minimum Gasteiger partial charge on any atom is -0.648 e. The Kier molecular flexibility index (Phi) is 59.2. The zero-order valence-corrected chi connectivity index (χ0v) is 71.3. The molecule has 5 aromatic carbocycles. The first-order valence-corrected chi connectivity index (χ1v) is 34.9. The Balaban J connectivity index is -0.000000228. The van der Waals surface area contributed by atoms with Gasteiger partial charge in [0.05, 0.1) is 148 Å². The molecule has 0 radical (unpaired) electrons. The van der Waals surface area contributed by atoms with E-state index >= 15 is 0 Å². The smallest absolute Gasteiger partial charge is 0.648 e. The molecule has 0 aliphatic rings. The molecule has 20 nitrogen and oxygen atoms in total. The Morgan fingerprint density at radius 1 is 0.446 bits per heavy atom. The SMILES string of the molecule is COC(=O)C(C)C.COC(=O)C(C)C.COC(=O)C(C)C.COc1cc(OC)c([C@](O)(CPc2c(OC)cccc2OC)c2ccccc2)c(OC)c1.COc1ccc([N-]C(=O)C[PH+](C(C)(C)C)C(C)(C)C)c(OC)c1.COc1cccc(OC)c1PCC(=O)[N-]C(C)(C)C.[CH3-].[CH3-].[CH3-].[Ni+2].[Ni+2].[Ni]. The predicted octanol–water partition coefficient (Wildman–Crippen LogP) is 15.5. The molecule has 101 heavy (non-hydrogen) atoms. The maximum atomic E-state index is 12.5. The molecular weight excluding hydrogens is 1490 g/mol. The molecule has 0 bridgehead atoms. The monoisotopic (exact) mass is 1600 g/mol. The van der Waals surface area contributed by atoms with Crippen LogP contribution in [0, 0.1) is 40.0 Å². The van der Waals surface area contributed by atoms with Crippen LogP contribution < -0.4 is 53.2 Å². The second-order valence-electron chi connectivity index (χ2n) is 24.8. The van der Waals surface area contributed by atoms with Crippen molar-refractivity contribution >= 4 is 71.1 Å². The number of carbonyl (C=O) groups is 5. The molecule has 0 aliphatic carbocycles. The minimum absolute atomic E-state index is 0. The van der Waals surface area contributed by atoms with E-state index < -0.39 is 13.5 Å². The summed E-state index contributed by atoms with van der Waals surface area (Å²) in [7, 11) is 18.0. The first kappa shape index (κ1) is 109. The summed E-state index contributed by atoms with van der Waals surface area (Å²) in [6.07, 6.45) is 1.26. The van der Waals surface area contributed by atoms with Crippen LogP contribution in [-0.4, -0.2) is 154 Å². The van der Waals surface area contributed by atoms with Gasteiger partial charge in [-0.3, -0.25) is 14.4 Å². The first-order valence-electron chi connectivity index (χ1n) is 30.7. The molecular formula is C75H119N2Ni3O18P3. The largest absolute Gasteiger partial charge is 2.00 e. The Bertz CT molecular complexity index is 2990. The molecule has 0 aliphatic heterocycles. The molecule has 3 atom stereocenters. The predicted molar refractivity (Wildman–Crippen MR) is 408 cm³/mol. The molecule has 2 amide bonds. The van der Waals surface area contributed by atoms with Crippen molar-refractivity contribution in [1.82, 2.24) is 0 Å². The standard InChI is InChI=1S/C25H29O6P.C18H30NO3P.C14H22NO3P.3C5H10O2.3CH3.3Ni/c1-27-18-14-21(30-4)23(22(15-18)31-5)25(26,17-10-7-6-8-11-17)16-32-24-19(28-2)12-9-13-20(24)29-3;1-17(2,3)23(18(4,5)6)12-16(20)19-14-10-9-13(21-7)11-15(14)22-8;1-14(2,3)15-12(16)9-19-13-10(17-4)7-6-8-11(13)18-5;3*1-4(2)5(6)7-3;;;;;;/h6-15,26,32H,16H2,1-5H3;9-11H,12H2,1-8H3,(H,19,20);6-8,19H,9H2,1-5H3,(H,15,16);3*4H,1-3H3;3*1H3;;;/q;;;;;;3*-1;;2*+2/p-1/t25-;;;;;;;;;;;/m0.........../s1. The summed E-state index contributed by atoms with van der Waals surface area (Å²) in [6, 6.07) is 29.6. The summed E-state index contributed by atoms with van der Waals surface area (Å²) in [5.41, 5.74) is 0.0856. The van der Waals surface area contributed by atoms with E-state index in [1.165, 1.54) is 21.3 Å². The van der Waals surface area contributed by atoms with Gasteiger partial charge < -0.3 is 104 Å². The number of methoxy groups -OCH3 is 12. The van der Waals surface area contributed by atoms with Gasteiger partial charge in [-0.15, -0.1) is 5.54 Å². The van der Waals surface area contributed by atoms with Gasteiger partial charge >= 0.3 is 50.9 Å². The van der Waals surface area contributed by atoms with Crippen molar-refractivity contribution in [1.29, 1.82) is 0 Å². The average Bonchev–Trinajstić information content (AvgIpc) is 0.760. The summed E-state index contributed by atoms with van der Waals surface area (Å²) < 4.78 is 62.1. The average molecular weight is 1610 g/mol. The first-order chi connectivity index (χ1) is 44.4. The molecule has 0 saturated heterocycles. The fraction of sp³-hybridized carbons (Fsp3) is 0.493. The molecule has 0 fully saturated rings. The number of hydrogen-bond acceptors (Lipinski definition) is 18. The van der Waals surface area contributed by atoms with E-state index in [4.69, 9.17) is 42.6 Å². The number of nitrogens with zero attached hydrogens (tertiary/aromatic N) is 2. The quantitative estimate of drug-likeness (QED) is 0.0210. The third-order valence-electron chi connectivity index (χ3n) is 13.4. The number of amides is 2. The van der Waals surface area contributed by atoms with Gasteiger partial charge in [-0.2, -0.15) is 0 Å². The maximum Gasteiger partial charge on any atom is 2.00 e. The number of ether oxygens (including phenoxy) is 12. The van der Waals surface area contributed by atoms with Gasteiger partial charge in [0.1, 0.15) is 57.3 Å². The van der Waals surface area contributed by atoms with Crippen molar-refractivity contribution in [2.75, 3.05) is 104 Å². The van der Waals surface area contributed by atoms with E-state index in [0.29, 0.717) is 70.0 Å². The van der Waals surface area contributed by atoms with Gasteiger partial charge in [0.2, 0.25) is 0 Å². The van der Waals surface area contributed by atoms with Gasteiger partial charge in [-0.05, 0) is 77.4 Å². The normalized spacial score (nSPS) is 11.0. The molecule has 2 unspecified atom stereocenters. The fourth-order valence-corrected chi connectivity index (χ4v) is 15.2. The molecule has 0 saturated carbocycles. The van der Waals surface area contributed by atoms with Crippen LogP contribution in [0.4, 0.5) is 5.69 Å². The Labute approximate surface area is 642 Å². The van der Waals surface area contributed by atoms with Crippen molar-refractivity contribution in [2.24, 2.45) is 17.8 Å². The molecule has 5 rings (SSSR count).